The number of carbonyl (C=O) groups excluding carboxylic acids is 1. The molecule has 0 bridgehead atoms. The number of methoxy groups -OCH3 is 1. The third kappa shape index (κ3) is 5.31. The third-order valence-electron chi connectivity index (χ3n) is 4.82. The lowest BCUT2D eigenvalue weighted by Gasteiger charge is -2.08. The molecule has 162 valence electrons. The Labute approximate surface area is 186 Å². The average Bonchev–Trinajstić information content (AvgIpc) is 3.32. The van der Waals surface area contributed by atoms with E-state index in [1.807, 2.05) is 67.6 Å². The highest BCUT2D eigenvalue weighted by atomic mass is 16.5. The van der Waals surface area contributed by atoms with E-state index in [0.717, 1.165) is 28.0 Å². The monoisotopic (exact) mass is 429 g/mol. The Bertz CT molecular complexity index is 1180. The van der Waals surface area contributed by atoms with Crippen LogP contribution in [0.25, 0.3) is 22.8 Å². The van der Waals surface area contributed by atoms with Gasteiger partial charge in [0.05, 0.1) is 7.11 Å². The minimum absolute atomic E-state index is 0.0622. The molecule has 0 aliphatic heterocycles. The summed E-state index contributed by atoms with van der Waals surface area (Å²) in [5.74, 6) is 2.05. The van der Waals surface area contributed by atoms with Crippen LogP contribution in [0.5, 0.6) is 11.5 Å². The van der Waals surface area contributed by atoms with Gasteiger partial charge in [0.1, 0.15) is 11.5 Å². The number of hydrogen-bond acceptors (Lipinski definition) is 6. The predicted molar refractivity (Wildman–Crippen MR) is 120 cm³/mol. The first-order valence-corrected chi connectivity index (χ1v) is 10.1. The first-order chi connectivity index (χ1) is 15.6. The van der Waals surface area contributed by atoms with Gasteiger partial charge in [0.2, 0.25) is 5.82 Å². The number of aryl methyl sites for hydroxylation is 1. The maximum atomic E-state index is 12.1. The second-order valence-electron chi connectivity index (χ2n) is 7.23. The molecule has 4 rings (SSSR count). The fourth-order valence-corrected chi connectivity index (χ4v) is 3.11. The van der Waals surface area contributed by atoms with Crippen LogP contribution in [-0.4, -0.2) is 29.8 Å². The van der Waals surface area contributed by atoms with Gasteiger partial charge in [-0.2, -0.15) is 4.98 Å². The number of rotatable bonds is 8. The Morgan fingerprint density at radius 3 is 2.41 bits per heavy atom. The maximum absolute atomic E-state index is 12.1. The highest BCUT2D eigenvalue weighted by Crippen LogP contribution is 2.25. The van der Waals surface area contributed by atoms with Crippen LogP contribution in [0.4, 0.5) is 0 Å². The van der Waals surface area contributed by atoms with Crippen molar-refractivity contribution in [1.82, 2.24) is 15.5 Å². The number of aromatic nitrogens is 2. The molecule has 0 atom stereocenters. The lowest BCUT2D eigenvalue weighted by atomic mass is 10.1. The molecule has 0 spiro atoms. The Morgan fingerprint density at radius 2 is 1.69 bits per heavy atom. The smallest absolute Gasteiger partial charge is 0.258 e. The van der Waals surface area contributed by atoms with E-state index in [1.165, 1.54) is 0 Å². The van der Waals surface area contributed by atoms with E-state index >= 15 is 0 Å². The maximum Gasteiger partial charge on any atom is 0.258 e. The van der Waals surface area contributed by atoms with Crippen LogP contribution in [0, 0.1) is 6.92 Å². The largest absolute Gasteiger partial charge is 0.497 e. The summed E-state index contributed by atoms with van der Waals surface area (Å²) in [5, 5.41) is 6.89. The number of nitrogens with one attached hydrogen (secondary N) is 1. The average molecular weight is 429 g/mol. The van der Waals surface area contributed by atoms with Crippen LogP contribution in [0.15, 0.2) is 77.3 Å². The standard InChI is InChI=1S/C25H23N3O4/c1-17-4-3-5-18(14-17)15-26-23(29)16-31-22-12-8-20(9-13-22)25-27-24(28-32-25)19-6-10-21(30-2)11-7-19/h3-14H,15-16H2,1-2H3,(H,26,29). The Hall–Kier alpha value is -4.13. The number of ether oxygens (including phenoxy) is 2. The zero-order chi connectivity index (χ0) is 22.3. The van der Waals surface area contributed by atoms with Crippen molar-refractivity contribution in [3.63, 3.8) is 0 Å². The quantitative estimate of drug-likeness (QED) is 0.446. The van der Waals surface area contributed by atoms with E-state index in [4.69, 9.17) is 14.0 Å². The Balaban J connectivity index is 1.31. The van der Waals surface area contributed by atoms with E-state index in [1.54, 1.807) is 19.2 Å². The first-order valence-electron chi connectivity index (χ1n) is 10.1. The summed E-state index contributed by atoms with van der Waals surface area (Å²) in [5.41, 5.74) is 3.80. The van der Waals surface area contributed by atoms with Gasteiger partial charge in [-0.15, -0.1) is 0 Å². The summed E-state index contributed by atoms with van der Waals surface area (Å²) in [4.78, 5) is 16.5. The van der Waals surface area contributed by atoms with Crippen molar-refractivity contribution < 1.29 is 18.8 Å². The van der Waals surface area contributed by atoms with Gasteiger partial charge in [0.25, 0.3) is 11.8 Å². The number of amides is 1. The van der Waals surface area contributed by atoms with Crippen molar-refractivity contribution in [2.45, 2.75) is 13.5 Å². The second kappa shape index (κ2) is 9.78. The van der Waals surface area contributed by atoms with Crippen molar-refractivity contribution >= 4 is 5.91 Å². The van der Waals surface area contributed by atoms with E-state index in [2.05, 4.69) is 15.5 Å². The minimum Gasteiger partial charge on any atom is -0.497 e. The molecule has 3 aromatic carbocycles. The molecule has 0 unspecified atom stereocenters. The summed E-state index contributed by atoms with van der Waals surface area (Å²) in [6, 6.07) is 22.6. The molecule has 0 saturated heterocycles. The van der Waals surface area contributed by atoms with Crippen LogP contribution in [0.3, 0.4) is 0 Å². The SMILES string of the molecule is COc1ccc(-c2noc(-c3ccc(OCC(=O)NCc4cccc(C)c4)cc3)n2)cc1. The third-order valence-corrected chi connectivity index (χ3v) is 4.82. The van der Waals surface area contributed by atoms with Crippen LogP contribution in [-0.2, 0) is 11.3 Å². The number of carbonyl (C=O) groups is 1. The van der Waals surface area contributed by atoms with Crippen LogP contribution < -0.4 is 14.8 Å². The molecule has 0 aliphatic rings. The van der Waals surface area contributed by atoms with Crippen molar-refractivity contribution in [1.29, 1.82) is 0 Å². The lowest BCUT2D eigenvalue weighted by Crippen LogP contribution is -2.28. The van der Waals surface area contributed by atoms with Crippen LogP contribution >= 0.6 is 0 Å². The van der Waals surface area contributed by atoms with E-state index < -0.39 is 0 Å². The molecule has 0 saturated carbocycles. The van der Waals surface area contributed by atoms with Gasteiger partial charge < -0.3 is 19.3 Å². The minimum atomic E-state index is -0.184. The molecule has 1 aromatic heterocycles. The number of nitrogens with zero attached hydrogens (tertiary/aromatic N) is 2. The van der Waals surface area contributed by atoms with Crippen LogP contribution in [0.1, 0.15) is 11.1 Å². The lowest BCUT2D eigenvalue weighted by molar-refractivity contribution is -0.123. The predicted octanol–water partition coefficient (Wildman–Crippen LogP) is 4.42. The molecule has 0 radical (unpaired) electrons. The normalized spacial score (nSPS) is 10.6. The molecule has 0 fully saturated rings. The summed E-state index contributed by atoms with van der Waals surface area (Å²) >= 11 is 0. The molecule has 4 aromatic rings. The Morgan fingerprint density at radius 1 is 0.969 bits per heavy atom. The summed E-state index contributed by atoms with van der Waals surface area (Å²) in [6.07, 6.45) is 0. The van der Waals surface area contributed by atoms with Gasteiger partial charge in [0.15, 0.2) is 6.61 Å². The highest BCUT2D eigenvalue weighted by molar-refractivity contribution is 5.77. The van der Waals surface area contributed by atoms with Crippen molar-refractivity contribution in [3.8, 4) is 34.3 Å². The fourth-order valence-electron chi connectivity index (χ4n) is 3.11. The second-order valence-corrected chi connectivity index (χ2v) is 7.23. The molecule has 32 heavy (non-hydrogen) atoms. The molecule has 7 nitrogen and oxygen atoms in total. The Kier molecular flexibility index (Phi) is 6.46. The molecule has 7 heteroatoms. The van der Waals surface area contributed by atoms with Gasteiger partial charge in [0, 0.05) is 17.7 Å². The zero-order valence-corrected chi connectivity index (χ0v) is 17.9. The van der Waals surface area contributed by atoms with Crippen LogP contribution in [0.2, 0.25) is 0 Å². The van der Waals surface area contributed by atoms with Crippen molar-refractivity contribution in [2.75, 3.05) is 13.7 Å². The van der Waals surface area contributed by atoms with Gasteiger partial charge in [-0.3, -0.25) is 4.79 Å². The number of hydrogen-bond donors (Lipinski definition) is 1. The molecular weight excluding hydrogens is 406 g/mol. The van der Waals surface area contributed by atoms with Crippen molar-refractivity contribution in [3.05, 3.63) is 83.9 Å². The molecule has 1 N–H and O–H groups in total. The van der Waals surface area contributed by atoms with E-state index in [-0.39, 0.29) is 12.5 Å². The van der Waals surface area contributed by atoms with E-state index in [9.17, 15) is 4.79 Å². The first kappa shape index (κ1) is 21.1. The van der Waals surface area contributed by atoms with Gasteiger partial charge in [-0.25, -0.2) is 0 Å². The van der Waals surface area contributed by atoms with Gasteiger partial charge >= 0.3 is 0 Å². The molecule has 1 heterocycles. The zero-order valence-electron chi connectivity index (χ0n) is 17.9. The van der Waals surface area contributed by atoms with E-state index in [0.29, 0.717) is 24.0 Å². The molecule has 1 amide bonds. The summed E-state index contributed by atoms with van der Waals surface area (Å²) in [7, 11) is 1.62. The van der Waals surface area contributed by atoms with Gasteiger partial charge in [-0.05, 0) is 61.0 Å². The topological polar surface area (TPSA) is 86.5 Å². The molecule has 0 aliphatic carbocycles. The number of benzene rings is 3. The highest BCUT2D eigenvalue weighted by Gasteiger charge is 2.11. The fraction of sp³-hybridized carbons (Fsp3) is 0.160. The summed E-state index contributed by atoms with van der Waals surface area (Å²) < 4.78 is 16.1. The van der Waals surface area contributed by atoms with Crippen molar-refractivity contribution in [2.24, 2.45) is 0 Å². The summed E-state index contributed by atoms with van der Waals surface area (Å²) in [6.45, 7) is 2.43. The molecular formula is C25H23N3O4. The van der Waals surface area contributed by atoms with Gasteiger partial charge in [-0.1, -0.05) is 35.0 Å².